The SMILES string of the molecule is COc1ccc(C(C#N)(CCCCCN2CCc3cc(OC)c(OC)cc3C2)Sc2ccc(C)cc2)cc1OC. The highest BCUT2D eigenvalue weighted by molar-refractivity contribution is 8.00. The Labute approximate surface area is 243 Å². The van der Waals surface area contributed by atoms with Gasteiger partial charge in [-0.15, -0.1) is 0 Å². The minimum Gasteiger partial charge on any atom is -0.493 e. The van der Waals surface area contributed by atoms with E-state index in [0.29, 0.717) is 11.5 Å². The molecule has 6 nitrogen and oxygen atoms in total. The highest BCUT2D eigenvalue weighted by Gasteiger charge is 2.34. The molecule has 1 aliphatic rings. The fourth-order valence-corrected chi connectivity index (χ4v) is 6.52. The minimum atomic E-state index is -0.728. The summed E-state index contributed by atoms with van der Waals surface area (Å²) in [6.07, 6.45) is 4.86. The first-order valence-corrected chi connectivity index (χ1v) is 14.6. The zero-order valence-electron chi connectivity index (χ0n) is 24.3. The predicted octanol–water partition coefficient (Wildman–Crippen LogP) is 7.16. The van der Waals surface area contributed by atoms with Gasteiger partial charge in [-0.05, 0) is 85.8 Å². The molecule has 0 spiro atoms. The number of ether oxygens (including phenoxy) is 4. The van der Waals surface area contributed by atoms with Crippen LogP contribution in [0.1, 0.15) is 47.9 Å². The summed E-state index contributed by atoms with van der Waals surface area (Å²) < 4.78 is 21.3. The summed E-state index contributed by atoms with van der Waals surface area (Å²) in [7, 11) is 6.63. The zero-order valence-corrected chi connectivity index (χ0v) is 25.1. The number of nitriles is 1. The first kappa shape index (κ1) is 29.6. The van der Waals surface area contributed by atoms with E-state index in [-0.39, 0.29) is 0 Å². The summed E-state index contributed by atoms with van der Waals surface area (Å²) in [6, 6.07) is 21.2. The maximum Gasteiger partial charge on any atom is 0.161 e. The normalized spacial score (nSPS) is 14.5. The van der Waals surface area contributed by atoms with Gasteiger partial charge in [0, 0.05) is 18.0 Å². The van der Waals surface area contributed by atoms with Gasteiger partial charge in [0.2, 0.25) is 0 Å². The van der Waals surface area contributed by atoms with Crippen LogP contribution in [0, 0.1) is 18.3 Å². The molecule has 0 saturated carbocycles. The van der Waals surface area contributed by atoms with Gasteiger partial charge in [0.05, 0.1) is 34.5 Å². The Balaban J connectivity index is 1.41. The van der Waals surface area contributed by atoms with Crippen LogP contribution in [0.5, 0.6) is 23.0 Å². The lowest BCUT2D eigenvalue weighted by Gasteiger charge is -2.30. The molecule has 1 aliphatic heterocycles. The molecule has 7 heteroatoms. The van der Waals surface area contributed by atoms with Gasteiger partial charge >= 0.3 is 0 Å². The van der Waals surface area contributed by atoms with Crippen molar-refractivity contribution in [3.8, 4) is 29.1 Å². The molecule has 0 radical (unpaired) electrons. The Kier molecular flexibility index (Phi) is 10.2. The molecule has 0 bridgehead atoms. The maximum atomic E-state index is 10.6. The number of aryl methyl sites for hydroxylation is 1. The summed E-state index contributed by atoms with van der Waals surface area (Å²) in [5.74, 6) is 2.90. The van der Waals surface area contributed by atoms with Crippen LogP contribution in [0.25, 0.3) is 0 Å². The van der Waals surface area contributed by atoms with Gasteiger partial charge in [-0.2, -0.15) is 5.26 Å². The number of fused-ring (bicyclic) bond motifs is 1. The number of nitrogens with zero attached hydrogens (tertiary/aromatic N) is 2. The Bertz CT molecular complexity index is 1320. The Morgan fingerprint density at radius 1 is 0.800 bits per heavy atom. The summed E-state index contributed by atoms with van der Waals surface area (Å²) in [5.41, 5.74) is 4.80. The molecule has 0 saturated heterocycles. The van der Waals surface area contributed by atoms with Gasteiger partial charge in [-0.3, -0.25) is 4.90 Å². The van der Waals surface area contributed by atoms with Crippen molar-refractivity contribution in [2.24, 2.45) is 0 Å². The fraction of sp³-hybridized carbons (Fsp3) is 0.424. The van der Waals surface area contributed by atoms with Gasteiger partial charge in [0.1, 0.15) is 4.75 Å². The van der Waals surface area contributed by atoms with E-state index in [4.69, 9.17) is 18.9 Å². The van der Waals surface area contributed by atoms with Crippen molar-refractivity contribution in [1.29, 1.82) is 5.26 Å². The molecule has 1 unspecified atom stereocenters. The molecule has 212 valence electrons. The summed E-state index contributed by atoms with van der Waals surface area (Å²) in [5, 5.41) is 10.6. The second-order valence-corrected chi connectivity index (χ2v) is 11.6. The summed E-state index contributed by atoms with van der Waals surface area (Å²) in [6.45, 7) is 5.08. The summed E-state index contributed by atoms with van der Waals surface area (Å²) >= 11 is 1.63. The van der Waals surface area contributed by atoms with Crippen LogP contribution in [-0.2, 0) is 17.7 Å². The predicted molar refractivity (Wildman–Crippen MR) is 161 cm³/mol. The number of rotatable bonds is 13. The first-order valence-electron chi connectivity index (χ1n) is 13.8. The van der Waals surface area contributed by atoms with E-state index in [1.54, 1.807) is 40.2 Å². The van der Waals surface area contributed by atoms with Gasteiger partial charge < -0.3 is 18.9 Å². The first-order chi connectivity index (χ1) is 19.4. The lowest BCUT2D eigenvalue weighted by Crippen LogP contribution is -2.31. The zero-order chi connectivity index (χ0) is 28.5. The molecule has 3 aromatic rings. The maximum absolute atomic E-state index is 10.6. The third kappa shape index (κ3) is 6.86. The molecule has 0 N–H and O–H groups in total. The van der Waals surface area contributed by atoms with Crippen molar-refractivity contribution in [2.45, 2.75) is 55.2 Å². The quantitative estimate of drug-likeness (QED) is 0.162. The molecule has 1 atom stereocenters. The molecule has 0 aromatic heterocycles. The monoisotopic (exact) mass is 560 g/mol. The minimum absolute atomic E-state index is 0.642. The molecule has 40 heavy (non-hydrogen) atoms. The molecular formula is C33H40N2O4S. The van der Waals surface area contributed by atoms with Crippen LogP contribution in [0.15, 0.2) is 59.5 Å². The van der Waals surface area contributed by atoms with Crippen LogP contribution in [0.3, 0.4) is 0 Å². The van der Waals surface area contributed by atoms with E-state index in [1.165, 1.54) is 16.7 Å². The number of thioether (sulfide) groups is 1. The van der Waals surface area contributed by atoms with Crippen molar-refractivity contribution < 1.29 is 18.9 Å². The molecule has 1 heterocycles. The largest absolute Gasteiger partial charge is 0.493 e. The van der Waals surface area contributed by atoms with Gasteiger partial charge in [-0.1, -0.05) is 48.4 Å². The van der Waals surface area contributed by atoms with Gasteiger partial charge in [-0.25, -0.2) is 0 Å². The average Bonchev–Trinajstić information content (AvgIpc) is 3.00. The molecule has 0 fully saturated rings. The van der Waals surface area contributed by atoms with Crippen molar-refractivity contribution in [2.75, 3.05) is 41.5 Å². The molecule has 0 aliphatic carbocycles. The van der Waals surface area contributed by atoms with E-state index in [9.17, 15) is 5.26 Å². The van der Waals surface area contributed by atoms with Crippen molar-refractivity contribution in [3.63, 3.8) is 0 Å². The number of hydrogen-bond acceptors (Lipinski definition) is 7. The van der Waals surface area contributed by atoms with E-state index >= 15 is 0 Å². The number of unbranched alkanes of at least 4 members (excludes halogenated alkanes) is 2. The van der Waals surface area contributed by atoms with Crippen molar-refractivity contribution in [3.05, 3.63) is 76.9 Å². The van der Waals surface area contributed by atoms with Crippen molar-refractivity contribution >= 4 is 11.8 Å². The smallest absolute Gasteiger partial charge is 0.161 e. The third-order valence-electron chi connectivity index (χ3n) is 7.64. The van der Waals surface area contributed by atoms with Gasteiger partial charge in [0.25, 0.3) is 0 Å². The van der Waals surface area contributed by atoms with Gasteiger partial charge in [0.15, 0.2) is 23.0 Å². The average molecular weight is 561 g/mol. The van der Waals surface area contributed by atoms with E-state index in [2.05, 4.69) is 54.3 Å². The second kappa shape index (κ2) is 13.8. The van der Waals surface area contributed by atoms with E-state index < -0.39 is 4.75 Å². The lowest BCUT2D eigenvalue weighted by molar-refractivity contribution is 0.246. The fourth-order valence-electron chi connectivity index (χ4n) is 5.31. The molecule has 4 rings (SSSR count). The standard InChI is InChI=1S/C33H40N2O4S/c1-24-9-12-28(13-10-24)40-33(23-34,27-11-14-29(36-2)32(21-27)39-5)16-7-6-8-17-35-18-15-25-19-30(37-3)31(38-4)20-26(25)22-35/h9-14,19-21H,6-8,15-18,22H2,1-5H3. The van der Waals surface area contributed by atoms with Crippen LogP contribution in [0.4, 0.5) is 0 Å². The van der Waals surface area contributed by atoms with E-state index in [1.807, 2.05) is 18.2 Å². The number of hydrogen-bond donors (Lipinski definition) is 0. The topological polar surface area (TPSA) is 64.0 Å². The van der Waals surface area contributed by atoms with Crippen molar-refractivity contribution in [1.82, 2.24) is 4.90 Å². The van der Waals surface area contributed by atoms with Crippen LogP contribution < -0.4 is 18.9 Å². The molecular weight excluding hydrogens is 520 g/mol. The van der Waals surface area contributed by atoms with E-state index in [0.717, 1.165) is 73.7 Å². The second-order valence-electron chi connectivity index (χ2n) is 10.2. The molecule has 0 amide bonds. The lowest BCUT2D eigenvalue weighted by atomic mass is 9.92. The third-order valence-corrected chi connectivity index (χ3v) is 9.03. The molecule has 3 aromatic carbocycles. The van der Waals surface area contributed by atoms with Crippen LogP contribution in [-0.4, -0.2) is 46.4 Å². The highest BCUT2D eigenvalue weighted by atomic mass is 32.2. The number of methoxy groups -OCH3 is 4. The Hall–Kier alpha value is -3.34. The highest BCUT2D eigenvalue weighted by Crippen LogP contribution is 2.47. The summed E-state index contributed by atoms with van der Waals surface area (Å²) in [4.78, 5) is 3.60. The Morgan fingerprint density at radius 3 is 2.10 bits per heavy atom. The number of benzene rings is 3. The Morgan fingerprint density at radius 2 is 1.45 bits per heavy atom. The van der Waals surface area contributed by atoms with Crippen LogP contribution >= 0.6 is 11.8 Å². The van der Waals surface area contributed by atoms with Crippen LogP contribution in [0.2, 0.25) is 0 Å².